The summed E-state index contributed by atoms with van der Waals surface area (Å²) in [5.74, 6) is 0.852. The van der Waals surface area contributed by atoms with Gasteiger partial charge in [0.2, 0.25) is 0 Å². The number of para-hydroxylation sites is 1. The summed E-state index contributed by atoms with van der Waals surface area (Å²) >= 11 is 0. The lowest BCUT2D eigenvalue weighted by atomic mass is 9.94. The van der Waals surface area contributed by atoms with Crippen LogP contribution >= 0.6 is 0 Å². The molecule has 0 fully saturated rings. The molecule has 2 aromatic heterocycles. The molecule has 38 heavy (non-hydrogen) atoms. The summed E-state index contributed by atoms with van der Waals surface area (Å²) in [7, 11) is 0. The van der Waals surface area contributed by atoms with Crippen LogP contribution in [0.2, 0.25) is 0 Å². The minimum Gasteiger partial charge on any atom is -0.332 e. The van der Waals surface area contributed by atoms with Gasteiger partial charge in [0.05, 0.1) is 12.1 Å². The zero-order valence-electron chi connectivity index (χ0n) is 23.8. The molecule has 0 unspecified atom stereocenters. The van der Waals surface area contributed by atoms with Gasteiger partial charge in [-0.1, -0.05) is 108 Å². The van der Waals surface area contributed by atoms with Crippen molar-refractivity contribution in [3.05, 3.63) is 108 Å². The SMILES string of the molecule is CC.CC.CC.Cc1ccnc(Cn2c3ccccc3c3c4ccccc4c4c(c32)Cc2ccccc2-4)n1. The average Bonchev–Trinajstić information content (AvgIpc) is 3.53. The summed E-state index contributed by atoms with van der Waals surface area (Å²) in [6.45, 7) is 14.7. The number of aromatic nitrogens is 3. The van der Waals surface area contributed by atoms with Gasteiger partial charge in [0, 0.05) is 34.6 Å². The van der Waals surface area contributed by atoms with Gasteiger partial charge < -0.3 is 4.57 Å². The summed E-state index contributed by atoms with van der Waals surface area (Å²) in [5, 5.41) is 5.30. The molecule has 7 rings (SSSR count). The van der Waals surface area contributed by atoms with Crippen molar-refractivity contribution >= 4 is 32.6 Å². The topological polar surface area (TPSA) is 30.7 Å². The Balaban J connectivity index is 0.000000526. The molecule has 2 heterocycles. The Morgan fingerprint density at radius 3 is 2.08 bits per heavy atom. The smallest absolute Gasteiger partial charge is 0.148 e. The van der Waals surface area contributed by atoms with E-state index in [1.165, 1.54) is 54.8 Å². The van der Waals surface area contributed by atoms with Crippen LogP contribution in [0.4, 0.5) is 0 Å². The molecule has 0 aliphatic heterocycles. The van der Waals surface area contributed by atoms with Crippen LogP contribution < -0.4 is 0 Å². The Morgan fingerprint density at radius 1 is 0.711 bits per heavy atom. The van der Waals surface area contributed by atoms with Crippen LogP contribution in [0.15, 0.2) is 85.1 Å². The Kier molecular flexibility index (Phi) is 8.58. The van der Waals surface area contributed by atoms with Crippen molar-refractivity contribution in [2.75, 3.05) is 0 Å². The molecular weight excluding hydrogens is 462 g/mol. The molecule has 3 nitrogen and oxygen atoms in total. The van der Waals surface area contributed by atoms with Gasteiger partial charge in [0.15, 0.2) is 0 Å². The molecular formula is C35H39N3. The maximum atomic E-state index is 4.73. The third-order valence-corrected chi connectivity index (χ3v) is 6.82. The van der Waals surface area contributed by atoms with Gasteiger partial charge in [-0.25, -0.2) is 9.97 Å². The minimum absolute atomic E-state index is 0.660. The van der Waals surface area contributed by atoms with Crippen LogP contribution in [0.5, 0.6) is 0 Å². The summed E-state index contributed by atoms with van der Waals surface area (Å²) in [4.78, 5) is 9.32. The molecule has 4 aromatic carbocycles. The number of fused-ring (bicyclic) bond motifs is 10. The van der Waals surface area contributed by atoms with Crippen LogP contribution in [-0.2, 0) is 13.0 Å². The van der Waals surface area contributed by atoms with E-state index in [-0.39, 0.29) is 0 Å². The van der Waals surface area contributed by atoms with Crippen LogP contribution in [0.1, 0.15) is 64.2 Å². The number of nitrogens with zero attached hydrogens (tertiary/aromatic N) is 3. The van der Waals surface area contributed by atoms with Crippen LogP contribution in [-0.4, -0.2) is 14.5 Å². The molecule has 0 N–H and O–H groups in total. The van der Waals surface area contributed by atoms with Crippen molar-refractivity contribution in [2.45, 2.75) is 61.4 Å². The quantitative estimate of drug-likeness (QED) is 0.236. The number of aryl methyl sites for hydroxylation is 1. The Labute approximate surface area is 227 Å². The fraction of sp³-hybridized carbons (Fsp3) is 0.257. The zero-order valence-corrected chi connectivity index (χ0v) is 23.8. The monoisotopic (exact) mass is 501 g/mol. The van der Waals surface area contributed by atoms with Crippen molar-refractivity contribution in [2.24, 2.45) is 0 Å². The molecule has 194 valence electrons. The largest absolute Gasteiger partial charge is 0.332 e. The summed E-state index contributed by atoms with van der Waals surface area (Å²) in [5.41, 5.74) is 9.14. The predicted octanol–water partition coefficient (Wildman–Crippen LogP) is 9.74. The van der Waals surface area contributed by atoms with E-state index in [2.05, 4.69) is 82.3 Å². The Morgan fingerprint density at radius 2 is 1.34 bits per heavy atom. The highest BCUT2D eigenvalue weighted by Gasteiger charge is 2.27. The molecule has 0 amide bonds. The lowest BCUT2D eigenvalue weighted by Crippen LogP contribution is -2.06. The van der Waals surface area contributed by atoms with E-state index in [1.54, 1.807) is 0 Å². The lowest BCUT2D eigenvalue weighted by molar-refractivity contribution is 0.784. The molecule has 1 aliphatic carbocycles. The fourth-order valence-corrected chi connectivity index (χ4v) is 5.56. The molecule has 0 spiro atoms. The number of hydrogen-bond acceptors (Lipinski definition) is 2. The van der Waals surface area contributed by atoms with Gasteiger partial charge in [-0.05, 0) is 52.1 Å². The van der Waals surface area contributed by atoms with Crippen LogP contribution in [0.25, 0.3) is 43.7 Å². The Hall–Kier alpha value is -3.98. The van der Waals surface area contributed by atoms with Gasteiger partial charge in [-0.2, -0.15) is 0 Å². The molecule has 0 bridgehead atoms. The van der Waals surface area contributed by atoms with E-state index in [0.29, 0.717) is 6.54 Å². The van der Waals surface area contributed by atoms with Crippen molar-refractivity contribution < 1.29 is 0 Å². The normalized spacial score (nSPS) is 11.0. The standard InChI is InChI=1S/C29H21N3.3C2H6/c1-18-14-15-30-26(31-18)17-32-25-13-7-6-12-23(25)28-22-11-5-4-10-21(22)27-20-9-3-2-8-19(20)16-24(27)29(28)32;3*1-2/h2-15H,16-17H2,1H3;3*1-2H3. The summed E-state index contributed by atoms with van der Waals surface area (Å²) in [6, 6.07) is 28.5. The lowest BCUT2D eigenvalue weighted by Gasteiger charge is -2.13. The molecule has 0 saturated heterocycles. The van der Waals surface area contributed by atoms with Crippen molar-refractivity contribution in [1.82, 2.24) is 14.5 Å². The molecule has 3 heteroatoms. The second kappa shape index (κ2) is 12.0. The number of rotatable bonds is 2. The molecule has 0 saturated carbocycles. The fourth-order valence-electron chi connectivity index (χ4n) is 5.56. The predicted molar refractivity (Wildman–Crippen MR) is 165 cm³/mol. The summed E-state index contributed by atoms with van der Waals surface area (Å²) in [6.07, 6.45) is 2.82. The molecule has 0 atom stereocenters. The van der Waals surface area contributed by atoms with Gasteiger partial charge in [0.25, 0.3) is 0 Å². The number of hydrogen-bond donors (Lipinski definition) is 0. The van der Waals surface area contributed by atoms with Crippen LogP contribution in [0.3, 0.4) is 0 Å². The third kappa shape index (κ3) is 4.47. The van der Waals surface area contributed by atoms with Gasteiger partial charge in [-0.3, -0.25) is 0 Å². The van der Waals surface area contributed by atoms with E-state index >= 15 is 0 Å². The molecule has 1 aliphatic rings. The second-order valence-corrected chi connectivity index (χ2v) is 8.67. The number of benzene rings is 4. The van der Waals surface area contributed by atoms with Crippen molar-refractivity contribution in [1.29, 1.82) is 0 Å². The van der Waals surface area contributed by atoms with E-state index < -0.39 is 0 Å². The second-order valence-electron chi connectivity index (χ2n) is 8.67. The minimum atomic E-state index is 0.660. The molecule has 0 radical (unpaired) electrons. The van der Waals surface area contributed by atoms with Gasteiger partial charge in [0.1, 0.15) is 5.82 Å². The van der Waals surface area contributed by atoms with E-state index in [9.17, 15) is 0 Å². The first kappa shape index (κ1) is 27.1. The summed E-state index contributed by atoms with van der Waals surface area (Å²) < 4.78 is 2.44. The van der Waals surface area contributed by atoms with E-state index in [1.807, 2.05) is 60.7 Å². The van der Waals surface area contributed by atoms with Crippen molar-refractivity contribution in [3.8, 4) is 11.1 Å². The van der Waals surface area contributed by atoms with Crippen LogP contribution in [0, 0.1) is 6.92 Å². The average molecular weight is 502 g/mol. The Bertz CT molecular complexity index is 1690. The van der Waals surface area contributed by atoms with Crippen molar-refractivity contribution in [3.63, 3.8) is 0 Å². The maximum Gasteiger partial charge on any atom is 0.148 e. The van der Waals surface area contributed by atoms with Gasteiger partial charge >= 0.3 is 0 Å². The highest BCUT2D eigenvalue weighted by atomic mass is 15.0. The third-order valence-electron chi connectivity index (χ3n) is 6.82. The van der Waals surface area contributed by atoms with E-state index in [0.717, 1.165) is 17.9 Å². The maximum absolute atomic E-state index is 4.73. The van der Waals surface area contributed by atoms with Gasteiger partial charge in [-0.15, -0.1) is 0 Å². The first-order valence-electron chi connectivity index (χ1n) is 14.1. The first-order chi connectivity index (χ1) is 18.8. The first-order valence-corrected chi connectivity index (χ1v) is 14.1. The van der Waals surface area contributed by atoms with E-state index in [4.69, 9.17) is 4.98 Å². The highest BCUT2D eigenvalue weighted by molar-refractivity contribution is 6.25. The zero-order chi connectivity index (χ0) is 27.2. The molecule has 6 aromatic rings. The highest BCUT2D eigenvalue weighted by Crippen LogP contribution is 2.48.